The van der Waals surface area contributed by atoms with Gasteiger partial charge in [-0.25, -0.2) is 0 Å². The van der Waals surface area contributed by atoms with Gasteiger partial charge in [-0.2, -0.15) is 0 Å². The molecule has 0 aromatic rings. The first-order chi connectivity index (χ1) is 40.7. The number of aliphatic hydroxyl groups excluding tert-OH is 2. The molecule has 0 radical (unpaired) electrons. The van der Waals surface area contributed by atoms with Crippen LogP contribution in [0.15, 0.2) is 97.2 Å². The Bertz CT molecular complexity index is 1480. The Kier molecular flexibility index (Phi) is 70.2. The molecule has 2 atom stereocenters. The van der Waals surface area contributed by atoms with Crippen LogP contribution in [0.2, 0.25) is 0 Å². The van der Waals surface area contributed by atoms with Gasteiger partial charge in [-0.3, -0.25) is 4.79 Å². The summed E-state index contributed by atoms with van der Waals surface area (Å²) in [7, 11) is 0. The van der Waals surface area contributed by atoms with Crippen LogP contribution in [0.3, 0.4) is 0 Å². The summed E-state index contributed by atoms with van der Waals surface area (Å²) in [6.45, 7) is 4.28. The van der Waals surface area contributed by atoms with Crippen molar-refractivity contribution >= 4 is 5.91 Å². The SMILES string of the molecule is CC/C=C\C/C=C\C/C=C\C/C=C\C/C=C\C/C=C\C/C=C\C/C=C\CCCCCCCCCCCCCCCCC(=O)NC(CO)C(O)CCCCCCCCCCCCCCCCCCCCCCCCCCCCCCCCC. The second-order valence-corrected chi connectivity index (χ2v) is 24.6. The average Bonchev–Trinajstić information content (AvgIpc) is 3.50. The van der Waals surface area contributed by atoms with Gasteiger partial charge >= 0.3 is 0 Å². The highest BCUT2D eigenvalue weighted by molar-refractivity contribution is 5.76. The van der Waals surface area contributed by atoms with Crippen LogP contribution in [-0.2, 0) is 4.79 Å². The lowest BCUT2D eigenvalue weighted by molar-refractivity contribution is -0.123. The smallest absolute Gasteiger partial charge is 0.220 e. The van der Waals surface area contributed by atoms with E-state index in [2.05, 4.69) is 116 Å². The molecule has 3 N–H and O–H groups in total. The summed E-state index contributed by atoms with van der Waals surface area (Å²) in [5, 5.41) is 23.5. The van der Waals surface area contributed by atoms with Crippen LogP contribution in [0.5, 0.6) is 0 Å². The van der Waals surface area contributed by atoms with E-state index >= 15 is 0 Å². The molecule has 82 heavy (non-hydrogen) atoms. The number of allylic oxidation sites excluding steroid dienone is 16. The fraction of sp³-hybridized carbons (Fsp3) is 0.782. The fourth-order valence-electron chi connectivity index (χ4n) is 11.1. The monoisotopic (exact) mass is 1140 g/mol. The second-order valence-electron chi connectivity index (χ2n) is 24.6. The highest BCUT2D eigenvalue weighted by Gasteiger charge is 2.20. The molecular formula is C78H141NO3. The number of rotatable bonds is 67. The molecule has 4 nitrogen and oxygen atoms in total. The third-order valence-corrected chi connectivity index (χ3v) is 16.6. The summed E-state index contributed by atoms with van der Waals surface area (Å²) in [6.07, 6.45) is 108. The molecule has 0 aromatic heterocycles. The van der Waals surface area contributed by atoms with Crippen molar-refractivity contribution < 1.29 is 15.0 Å². The fourth-order valence-corrected chi connectivity index (χ4v) is 11.1. The molecule has 0 fully saturated rings. The molecule has 0 heterocycles. The zero-order valence-electron chi connectivity index (χ0n) is 55.0. The summed E-state index contributed by atoms with van der Waals surface area (Å²) < 4.78 is 0. The third kappa shape index (κ3) is 68.1. The highest BCUT2D eigenvalue weighted by Crippen LogP contribution is 2.19. The van der Waals surface area contributed by atoms with E-state index in [1.165, 1.54) is 270 Å². The molecular weight excluding hydrogens is 999 g/mol. The van der Waals surface area contributed by atoms with E-state index in [1.54, 1.807) is 0 Å². The standard InChI is InChI=1S/C78H141NO3/c1-3-5-7-9-11-13-15-17-19-21-23-25-27-29-31-33-35-36-37-38-39-40-41-42-44-46-48-50-52-54-56-58-60-62-64-66-68-70-72-74-78(82)79-76(75-80)77(81)73-71-69-67-65-63-61-59-57-55-53-51-49-47-45-43-34-32-30-28-26-24-22-20-18-16-14-12-10-8-6-4-2/h5,7,11,13,17,19,23,25,29,31,35-36,38-39,41-42,76-77,80-81H,3-4,6,8-10,12,14-16,18,20-22,24,26-28,30,32-34,37,40,43-75H2,1-2H3,(H,79,82)/b7-5-,13-11-,19-17-,25-23-,31-29-,36-35-,39-38-,42-41-. The minimum atomic E-state index is -0.666. The summed E-state index contributed by atoms with van der Waals surface area (Å²) in [6, 6.07) is -0.543. The van der Waals surface area contributed by atoms with Crippen molar-refractivity contribution in [3.63, 3.8) is 0 Å². The van der Waals surface area contributed by atoms with E-state index in [9.17, 15) is 15.0 Å². The molecule has 0 aliphatic carbocycles. The van der Waals surface area contributed by atoms with Crippen molar-refractivity contribution in [3.05, 3.63) is 97.2 Å². The molecule has 0 spiro atoms. The molecule has 0 bridgehead atoms. The van der Waals surface area contributed by atoms with E-state index in [-0.39, 0.29) is 12.5 Å². The van der Waals surface area contributed by atoms with Gasteiger partial charge in [-0.05, 0) is 77.0 Å². The largest absolute Gasteiger partial charge is 0.394 e. The summed E-state index contributed by atoms with van der Waals surface area (Å²) in [5.41, 5.74) is 0. The molecule has 0 saturated carbocycles. The Hall–Kier alpha value is -2.69. The van der Waals surface area contributed by atoms with Crippen LogP contribution in [0.25, 0.3) is 0 Å². The number of unbranched alkanes of at least 4 members (excludes halogenated alkanes) is 44. The van der Waals surface area contributed by atoms with Crippen LogP contribution < -0.4 is 5.32 Å². The number of carbonyl (C=O) groups is 1. The van der Waals surface area contributed by atoms with Gasteiger partial charge < -0.3 is 15.5 Å². The van der Waals surface area contributed by atoms with Crippen LogP contribution in [0, 0.1) is 0 Å². The number of nitrogens with one attached hydrogen (secondary N) is 1. The Morgan fingerprint density at radius 2 is 0.537 bits per heavy atom. The maximum Gasteiger partial charge on any atom is 0.220 e. The van der Waals surface area contributed by atoms with E-state index in [4.69, 9.17) is 0 Å². The number of hydrogen-bond donors (Lipinski definition) is 3. The van der Waals surface area contributed by atoms with Crippen molar-refractivity contribution in [2.24, 2.45) is 0 Å². The molecule has 2 unspecified atom stereocenters. The van der Waals surface area contributed by atoms with E-state index in [0.29, 0.717) is 12.8 Å². The van der Waals surface area contributed by atoms with Gasteiger partial charge in [0.15, 0.2) is 0 Å². The topological polar surface area (TPSA) is 69.6 Å². The lowest BCUT2D eigenvalue weighted by Crippen LogP contribution is -2.45. The van der Waals surface area contributed by atoms with Gasteiger partial charge in [0, 0.05) is 6.42 Å². The van der Waals surface area contributed by atoms with E-state index < -0.39 is 12.1 Å². The maximum atomic E-state index is 12.6. The summed E-state index contributed by atoms with van der Waals surface area (Å²) >= 11 is 0. The summed E-state index contributed by atoms with van der Waals surface area (Å²) in [5.74, 6) is -0.0295. The van der Waals surface area contributed by atoms with Crippen LogP contribution in [-0.4, -0.2) is 34.9 Å². The molecule has 0 aliphatic heterocycles. The molecule has 1 amide bonds. The van der Waals surface area contributed by atoms with Crippen LogP contribution >= 0.6 is 0 Å². The van der Waals surface area contributed by atoms with Crippen molar-refractivity contribution in [2.45, 2.75) is 386 Å². The molecule has 476 valence electrons. The Balaban J connectivity index is 3.46. The van der Waals surface area contributed by atoms with Gasteiger partial charge in [0.1, 0.15) is 0 Å². The zero-order chi connectivity index (χ0) is 59.1. The average molecular weight is 1140 g/mol. The van der Waals surface area contributed by atoms with E-state index in [1.807, 2.05) is 0 Å². The molecule has 0 aliphatic rings. The first-order valence-electron chi connectivity index (χ1n) is 36.4. The van der Waals surface area contributed by atoms with Gasteiger partial charge in [0.2, 0.25) is 5.91 Å². The van der Waals surface area contributed by atoms with Gasteiger partial charge in [0.05, 0.1) is 18.8 Å². The normalized spacial score (nSPS) is 13.3. The Labute approximate surface area is 513 Å². The molecule has 0 aromatic carbocycles. The first-order valence-corrected chi connectivity index (χ1v) is 36.4. The van der Waals surface area contributed by atoms with Crippen molar-refractivity contribution in [1.82, 2.24) is 5.32 Å². The zero-order valence-corrected chi connectivity index (χ0v) is 55.0. The maximum absolute atomic E-state index is 12.6. The van der Waals surface area contributed by atoms with Crippen molar-refractivity contribution in [1.29, 1.82) is 0 Å². The molecule has 0 saturated heterocycles. The summed E-state index contributed by atoms with van der Waals surface area (Å²) in [4.78, 5) is 12.6. The lowest BCUT2D eigenvalue weighted by atomic mass is 10.0. The Morgan fingerprint density at radius 1 is 0.305 bits per heavy atom. The minimum Gasteiger partial charge on any atom is -0.394 e. The predicted molar refractivity (Wildman–Crippen MR) is 368 cm³/mol. The van der Waals surface area contributed by atoms with Crippen LogP contribution in [0.4, 0.5) is 0 Å². The van der Waals surface area contributed by atoms with Gasteiger partial charge in [-0.1, -0.05) is 387 Å². The number of amides is 1. The highest BCUT2D eigenvalue weighted by atomic mass is 16.3. The lowest BCUT2D eigenvalue weighted by Gasteiger charge is -2.22. The van der Waals surface area contributed by atoms with Crippen molar-refractivity contribution in [2.75, 3.05) is 6.61 Å². The minimum absolute atomic E-state index is 0.0295. The van der Waals surface area contributed by atoms with Crippen molar-refractivity contribution in [3.8, 4) is 0 Å². The van der Waals surface area contributed by atoms with E-state index in [0.717, 1.165) is 77.0 Å². The predicted octanol–water partition coefficient (Wildman–Crippen LogP) is 25.2. The quantitative estimate of drug-likeness (QED) is 0.0420. The van der Waals surface area contributed by atoms with Crippen LogP contribution in [0.1, 0.15) is 373 Å². The first kappa shape index (κ1) is 79.3. The third-order valence-electron chi connectivity index (χ3n) is 16.6. The second kappa shape index (κ2) is 72.6. The molecule has 4 heteroatoms. The number of hydrogen-bond acceptors (Lipinski definition) is 3. The number of carbonyl (C=O) groups excluding carboxylic acids is 1. The number of aliphatic hydroxyl groups is 2. The molecule has 0 rings (SSSR count). The van der Waals surface area contributed by atoms with Gasteiger partial charge in [0.25, 0.3) is 0 Å². The van der Waals surface area contributed by atoms with Gasteiger partial charge in [-0.15, -0.1) is 0 Å². The Morgan fingerprint density at radius 3 is 0.805 bits per heavy atom.